The van der Waals surface area contributed by atoms with Crippen LogP contribution in [0.15, 0.2) is 23.8 Å². The lowest BCUT2D eigenvalue weighted by Crippen LogP contribution is -2.00. The maximum Gasteiger partial charge on any atom is 0.331 e. The van der Waals surface area contributed by atoms with Crippen LogP contribution in [0.25, 0.3) is 0 Å². The summed E-state index contributed by atoms with van der Waals surface area (Å²) in [6.45, 7) is 2.29. The predicted octanol–water partition coefficient (Wildman–Crippen LogP) is 15.1. The average Bonchev–Trinajstić information content (AvgIpc) is 3.07. The number of carboxylic acids is 2. The van der Waals surface area contributed by atoms with Crippen molar-refractivity contribution in [1.82, 2.24) is 0 Å². The number of unbranched alkanes of at least 4 members (excludes halogenated alkanes) is 32. The Labute approximate surface area is 299 Å². The Balaban J connectivity index is 3.45. The number of rotatable bonds is 40. The fraction of sp³-hybridized carbons (Fsp3) is 0.864. The highest BCUT2D eigenvalue weighted by Gasteiger charge is 2.06. The monoisotopic (exact) mass is 675 g/mol. The van der Waals surface area contributed by atoms with Gasteiger partial charge in [-0.1, -0.05) is 199 Å². The molecular formula is C44H82O4. The second-order valence-corrected chi connectivity index (χ2v) is 14.7. The maximum atomic E-state index is 11.7. The second-order valence-electron chi connectivity index (χ2n) is 14.7. The summed E-state index contributed by atoms with van der Waals surface area (Å²) in [5, 5.41) is 18.2. The molecule has 0 aromatic rings. The minimum Gasteiger partial charge on any atom is -0.481 e. The van der Waals surface area contributed by atoms with E-state index < -0.39 is 11.9 Å². The quantitative estimate of drug-likeness (QED) is 0.0385. The summed E-state index contributed by atoms with van der Waals surface area (Å²) in [5.74, 6) is -1.38. The molecule has 0 unspecified atom stereocenters. The summed E-state index contributed by atoms with van der Waals surface area (Å²) in [7, 11) is 0. The van der Waals surface area contributed by atoms with Crippen molar-refractivity contribution in [2.45, 2.75) is 244 Å². The lowest BCUT2D eigenvalue weighted by molar-refractivity contribution is -0.137. The van der Waals surface area contributed by atoms with Gasteiger partial charge >= 0.3 is 11.9 Å². The van der Waals surface area contributed by atoms with Gasteiger partial charge in [0.05, 0.1) is 0 Å². The first-order valence-corrected chi connectivity index (χ1v) is 21.4. The molecule has 0 aliphatic rings. The highest BCUT2D eigenvalue weighted by molar-refractivity contribution is 5.86. The van der Waals surface area contributed by atoms with Crippen LogP contribution in [-0.2, 0) is 9.59 Å². The van der Waals surface area contributed by atoms with Crippen molar-refractivity contribution in [2.24, 2.45) is 0 Å². The summed E-state index contributed by atoms with van der Waals surface area (Å²) < 4.78 is 0. The first-order chi connectivity index (χ1) is 23.6. The Hall–Kier alpha value is -1.58. The fourth-order valence-corrected chi connectivity index (χ4v) is 6.74. The molecule has 0 fully saturated rings. The van der Waals surface area contributed by atoms with E-state index in [1.807, 2.05) is 6.08 Å². The third kappa shape index (κ3) is 38.9. The Morgan fingerprint density at radius 1 is 0.375 bits per heavy atom. The molecule has 0 heterocycles. The minimum absolute atomic E-state index is 0.314. The van der Waals surface area contributed by atoms with Gasteiger partial charge in [-0.25, -0.2) is 4.79 Å². The molecule has 0 aliphatic heterocycles. The highest BCUT2D eigenvalue weighted by Crippen LogP contribution is 2.17. The van der Waals surface area contributed by atoms with Crippen molar-refractivity contribution in [2.75, 3.05) is 0 Å². The van der Waals surface area contributed by atoms with Crippen molar-refractivity contribution >= 4 is 11.9 Å². The van der Waals surface area contributed by atoms with E-state index in [0.29, 0.717) is 12.0 Å². The third-order valence-corrected chi connectivity index (χ3v) is 9.97. The normalized spacial score (nSPS) is 12.0. The number of allylic oxidation sites excluding steroid dienone is 3. The minimum atomic E-state index is -0.709. The lowest BCUT2D eigenvalue weighted by Gasteiger charge is -2.05. The van der Waals surface area contributed by atoms with Gasteiger partial charge in [-0.2, -0.15) is 0 Å². The van der Waals surface area contributed by atoms with Crippen LogP contribution >= 0.6 is 0 Å². The van der Waals surface area contributed by atoms with Crippen LogP contribution in [0.5, 0.6) is 0 Å². The zero-order chi connectivity index (χ0) is 35.0. The lowest BCUT2D eigenvalue weighted by atomic mass is 10.0. The standard InChI is InChI=1S/C44H82O4/c1-2-3-4-5-6-7-8-9-10-11-15-18-21-24-27-30-33-36-39-42(44(47)48)40-37-34-31-28-25-22-19-16-13-12-14-17-20-23-26-29-32-35-38-41-43(45)46/h17,20,39H,2-16,18-19,21-38,40-41H2,1H3,(H,45,46)(H,47,48). The molecule has 0 aliphatic carbocycles. The highest BCUT2D eigenvalue weighted by atomic mass is 16.4. The van der Waals surface area contributed by atoms with Crippen LogP contribution in [0.2, 0.25) is 0 Å². The van der Waals surface area contributed by atoms with Crippen molar-refractivity contribution in [3.63, 3.8) is 0 Å². The molecule has 0 rings (SSSR count). The SMILES string of the molecule is CCCCCCCCCCCCCCCCCCCC=C(CCCCCCCCCCCCC=CCCCCCCCC(=O)O)C(=O)O. The molecule has 282 valence electrons. The summed E-state index contributed by atoms with van der Waals surface area (Å²) in [5.41, 5.74) is 0.645. The largest absolute Gasteiger partial charge is 0.481 e. The molecule has 4 nitrogen and oxygen atoms in total. The maximum absolute atomic E-state index is 11.7. The molecule has 2 N–H and O–H groups in total. The molecule has 0 radical (unpaired) electrons. The Morgan fingerprint density at radius 2 is 0.667 bits per heavy atom. The van der Waals surface area contributed by atoms with E-state index in [0.717, 1.165) is 57.8 Å². The van der Waals surface area contributed by atoms with Crippen LogP contribution in [0.1, 0.15) is 244 Å². The molecule has 0 spiro atoms. The zero-order valence-electron chi connectivity index (χ0n) is 32.1. The van der Waals surface area contributed by atoms with Crippen LogP contribution < -0.4 is 0 Å². The van der Waals surface area contributed by atoms with Crippen LogP contribution in [0.3, 0.4) is 0 Å². The summed E-state index contributed by atoms with van der Waals surface area (Å²) in [6, 6.07) is 0. The van der Waals surface area contributed by atoms with Gasteiger partial charge in [0.1, 0.15) is 0 Å². The van der Waals surface area contributed by atoms with Gasteiger partial charge in [0.2, 0.25) is 0 Å². The third-order valence-electron chi connectivity index (χ3n) is 9.97. The van der Waals surface area contributed by atoms with Crippen LogP contribution in [0, 0.1) is 0 Å². The predicted molar refractivity (Wildman–Crippen MR) is 209 cm³/mol. The molecule has 48 heavy (non-hydrogen) atoms. The van der Waals surface area contributed by atoms with Crippen molar-refractivity contribution < 1.29 is 19.8 Å². The molecule has 0 atom stereocenters. The van der Waals surface area contributed by atoms with Gasteiger partial charge in [-0.3, -0.25) is 4.79 Å². The van der Waals surface area contributed by atoms with Crippen LogP contribution in [0.4, 0.5) is 0 Å². The van der Waals surface area contributed by atoms with Crippen molar-refractivity contribution in [1.29, 1.82) is 0 Å². The molecule has 0 amide bonds. The van der Waals surface area contributed by atoms with Gasteiger partial charge in [0.15, 0.2) is 0 Å². The topological polar surface area (TPSA) is 74.6 Å². The summed E-state index contributed by atoms with van der Waals surface area (Å²) >= 11 is 0. The number of carboxylic acid groups (broad SMARTS) is 2. The van der Waals surface area contributed by atoms with Crippen molar-refractivity contribution in [3.05, 3.63) is 23.8 Å². The molecular weight excluding hydrogens is 592 g/mol. The van der Waals surface area contributed by atoms with Gasteiger partial charge in [0, 0.05) is 12.0 Å². The van der Waals surface area contributed by atoms with E-state index >= 15 is 0 Å². The first-order valence-electron chi connectivity index (χ1n) is 21.4. The Bertz CT molecular complexity index is 740. The second kappa shape index (κ2) is 39.9. The van der Waals surface area contributed by atoms with Gasteiger partial charge in [0.25, 0.3) is 0 Å². The molecule has 0 aromatic carbocycles. The van der Waals surface area contributed by atoms with Gasteiger partial charge in [-0.15, -0.1) is 0 Å². The smallest absolute Gasteiger partial charge is 0.331 e. The zero-order valence-corrected chi connectivity index (χ0v) is 32.1. The molecule has 0 aromatic heterocycles. The number of aliphatic carboxylic acids is 2. The molecule has 0 saturated carbocycles. The Morgan fingerprint density at radius 3 is 1.00 bits per heavy atom. The van der Waals surface area contributed by atoms with E-state index in [1.165, 1.54) is 173 Å². The van der Waals surface area contributed by atoms with E-state index in [1.54, 1.807) is 0 Å². The summed E-state index contributed by atoms with van der Waals surface area (Å²) in [4.78, 5) is 22.2. The molecule has 4 heteroatoms. The number of carbonyl (C=O) groups is 2. The molecule has 0 saturated heterocycles. The first kappa shape index (κ1) is 46.4. The van der Waals surface area contributed by atoms with E-state index in [9.17, 15) is 14.7 Å². The fourth-order valence-electron chi connectivity index (χ4n) is 6.74. The van der Waals surface area contributed by atoms with E-state index in [2.05, 4.69) is 19.1 Å². The summed E-state index contributed by atoms with van der Waals surface area (Å²) in [6.07, 6.45) is 52.5. The Kier molecular flexibility index (Phi) is 38.5. The average molecular weight is 675 g/mol. The van der Waals surface area contributed by atoms with E-state index in [4.69, 9.17) is 5.11 Å². The number of hydrogen-bond acceptors (Lipinski definition) is 2. The van der Waals surface area contributed by atoms with Gasteiger partial charge < -0.3 is 10.2 Å². The van der Waals surface area contributed by atoms with Crippen molar-refractivity contribution in [3.8, 4) is 0 Å². The van der Waals surface area contributed by atoms with E-state index in [-0.39, 0.29) is 0 Å². The van der Waals surface area contributed by atoms with Crippen LogP contribution in [-0.4, -0.2) is 22.2 Å². The van der Waals surface area contributed by atoms with Gasteiger partial charge in [-0.05, 0) is 57.8 Å². The number of hydrogen-bond donors (Lipinski definition) is 2. The molecule has 0 bridgehead atoms.